The second-order valence-corrected chi connectivity index (χ2v) is 3.59. The number of nitrogens with zero attached hydrogens (tertiary/aromatic N) is 2. The Morgan fingerprint density at radius 2 is 2.08 bits per heavy atom. The van der Waals surface area contributed by atoms with Crippen LogP contribution >= 0.6 is 23.7 Å². The summed E-state index contributed by atoms with van der Waals surface area (Å²) in [5.41, 5.74) is 5.52. The van der Waals surface area contributed by atoms with Crippen molar-refractivity contribution in [2.24, 2.45) is 0 Å². The molecule has 12 heavy (non-hydrogen) atoms. The summed E-state index contributed by atoms with van der Waals surface area (Å²) in [6.45, 7) is 2.29. The molecule has 1 aromatic rings. The first kappa shape index (κ1) is 9.61. The Morgan fingerprint density at radius 3 is 2.58 bits per heavy atom. The van der Waals surface area contributed by atoms with Gasteiger partial charge in [0.25, 0.3) is 0 Å². The van der Waals surface area contributed by atoms with Gasteiger partial charge >= 0.3 is 0 Å². The monoisotopic (exact) mass is 205 g/mol. The molecule has 2 heterocycles. The van der Waals surface area contributed by atoms with Crippen molar-refractivity contribution < 1.29 is 0 Å². The van der Waals surface area contributed by atoms with Gasteiger partial charge < -0.3 is 10.6 Å². The van der Waals surface area contributed by atoms with Crippen LogP contribution in [-0.4, -0.2) is 18.1 Å². The van der Waals surface area contributed by atoms with Crippen LogP contribution < -0.4 is 10.6 Å². The van der Waals surface area contributed by atoms with Crippen LogP contribution in [0.4, 0.5) is 10.9 Å². The van der Waals surface area contributed by atoms with E-state index in [1.54, 1.807) is 11.3 Å². The molecule has 2 rings (SSSR count). The molecule has 0 atom stereocenters. The average Bonchev–Trinajstić information content (AvgIpc) is 2.55. The number of aromatic nitrogens is 1. The van der Waals surface area contributed by atoms with E-state index < -0.39 is 0 Å². The fraction of sp³-hybridized carbons (Fsp3) is 0.571. The zero-order valence-corrected chi connectivity index (χ0v) is 8.33. The molecular formula is C7H12ClN3S. The van der Waals surface area contributed by atoms with E-state index in [9.17, 15) is 0 Å². The molecule has 3 nitrogen and oxygen atoms in total. The second-order valence-electron chi connectivity index (χ2n) is 2.75. The van der Waals surface area contributed by atoms with Gasteiger partial charge in [-0.1, -0.05) is 0 Å². The summed E-state index contributed by atoms with van der Waals surface area (Å²) in [4.78, 5) is 6.51. The van der Waals surface area contributed by atoms with Crippen molar-refractivity contribution in [3.63, 3.8) is 0 Å². The van der Waals surface area contributed by atoms with Gasteiger partial charge in [0.05, 0.1) is 0 Å². The number of thiazole rings is 1. The smallest absolute Gasteiger partial charge is 0.187 e. The van der Waals surface area contributed by atoms with Crippen LogP contribution in [0.2, 0.25) is 0 Å². The van der Waals surface area contributed by atoms with E-state index in [4.69, 9.17) is 5.73 Å². The van der Waals surface area contributed by atoms with E-state index in [0.29, 0.717) is 5.82 Å². The number of rotatable bonds is 1. The Bertz CT molecular complexity index is 245. The van der Waals surface area contributed by atoms with E-state index in [0.717, 1.165) is 18.2 Å². The van der Waals surface area contributed by atoms with Gasteiger partial charge in [-0.3, -0.25) is 0 Å². The number of halogens is 1. The number of hydrogen-bond acceptors (Lipinski definition) is 4. The van der Waals surface area contributed by atoms with Gasteiger partial charge in [0, 0.05) is 18.5 Å². The summed E-state index contributed by atoms with van der Waals surface area (Å²) in [7, 11) is 0. The molecule has 1 aliphatic rings. The minimum atomic E-state index is 0. The molecule has 0 amide bonds. The lowest BCUT2D eigenvalue weighted by molar-refractivity contribution is 0.949. The normalized spacial score (nSPS) is 16.2. The van der Waals surface area contributed by atoms with E-state index in [1.165, 1.54) is 12.8 Å². The van der Waals surface area contributed by atoms with Gasteiger partial charge in [-0.25, -0.2) is 4.98 Å². The largest absolute Gasteiger partial charge is 0.383 e. The van der Waals surface area contributed by atoms with Crippen molar-refractivity contribution in [3.8, 4) is 0 Å². The summed E-state index contributed by atoms with van der Waals surface area (Å²) < 4.78 is 0. The quantitative estimate of drug-likeness (QED) is 0.760. The molecule has 68 valence electrons. The average molecular weight is 206 g/mol. The molecule has 0 radical (unpaired) electrons. The zero-order chi connectivity index (χ0) is 7.68. The topological polar surface area (TPSA) is 42.1 Å². The summed E-state index contributed by atoms with van der Waals surface area (Å²) in [5.74, 6) is 0.650. The van der Waals surface area contributed by atoms with Crippen LogP contribution in [0.25, 0.3) is 0 Å². The maximum Gasteiger partial charge on any atom is 0.187 e. The number of hydrogen-bond donors (Lipinski definition) is 1. The molecule has 1 aromatic heterocycles. The zero-order valence-electron chi connectivity index (χ0n) is 6.69. The first-order valence-corrected chi connectivity index (χ1v) is 4.70. The van der Waals surface area contributed by atoms with Crippen molar-refractivity contribution in [3.05, 3.63) is 5.38 Å². The third-order valence-electron chi connectivity index (χ3n) is 1.89. The van der Waals surface area contributed by atoms with Crippen molar-refractivity contribution in [1.82, 2.24) is 4.98 Å². The third-order valence-corrected chi connectivity index (χ3v) is 2.81. The highest BCUT2D eigenvalue weighted by molar-refractivity contribution is 7.14. The van der Waals surface area contributed by atoms with Crippen LogP contribution in [-0.2, 0) is 0 Å². The molecule has 1 saturated heterocycles. The van der Waals surface area contributed by atoms with Crippen LogP contribution in [0.5, 0.6) is 0 Å². The van der Waals surface area contributed by atoms with Crippen molar-refractivity contribution >= 4 is 34.7 Å². The Labute approximate surface area is 82.0 Å². The molecule has 0 spiro atoms. The third kappa shape index (κ3) is 1.81. The van der Waals surface area contributed by atoms with E-state index >= 15 is 0 Å². The maximum absolute atomic E-state index is 5.52. The molecule has 0 unspecified atom stereocenters. The molecule has 2 N–H and O–H groups in total. The van der Waals surface area contributed by atoms with Crippen LogP contribution in [0.1, 0.15) is 12.8 Å². The van der Waals surface area contributed by atoms with E-state index in [1.807, 2.05) is 5.38 Å². The molecule has 1 aliphatic heterocycles. The van der Waals surface area contributed by atoms with Gasteiger partial charge in [0.2, 0.25) is 0 Å². The number of nitrogen functional groups attached to an aromatic ring is 1. The lowest BCUT2D eigenvalue weighted by Gasteiger charge is -2.11. The lowest BCUT2D eigenvalue weighted by Crippen LogP contribution is -2.17. The van der Waals surface area contributed by atoms with Crippen LogP contribution in [0, 0.1) is 0 Å². The Hall–Kier alpha value is -0.480. The van der Waals surface area contributed by atoms with Gasteiger partial charge in [0.1, 0.15) is 5.82 Å². The predicted octanol–water partition coefficient (Wildman–Crippen LogP) is 1.75. The first-order valence-electron chi connectivity index (χ1n) is 3.82. The van der Waals surface area contributed by atoms with Crippen molar-refractivity contribution in [2.45, 2.75) is 12.8 Å². The maximum atomic E-state index is 5.52. The van der Waals surface area contributed by atoms with Gasteiger partial charge in [-0.15, -0.1) is 23.7 Å². The minimum Gasteiger partial charge on any atom is -0.383 e. The fourth-order valence-corrected chi connectivity index (χ4v) is 2.10. The lowest BCUT2D eigenvalue weighted by atomic mass is 10.4. The Kier molecular flexibility index (Phi) is 3.17. The standard InChI is InChI=1S/C7H11N3S.ClH/c8-6-5-11-7(9-6)10-3-1-2-4-10;/h5H,1-4,8H2;1H. The van der Waals surface area contributed by atoms with Crippen LogP contribution in [0.15, 0.2) is 5.38 Å². The molecule has 5 heteroatoms. The van der Waals surface area contributed by atoms with Gasteiger partial charge in [-0.2, -0.15) is 0 Å². The predicted molar refractivity (Wildman–Crippen MR) is 55.2 cm³/mol. The molecule has 0 aromatic carbocycles. The van der Waals surface area contributed by atoms with Gasteiger partial charge in [0.15, 0.2) is 5.13 Å². The van der Waals surface area contributed by atoms with Crippen LogP contribution in [0.3, 0.4) is 0 Å². The first-order chi connectivity index (χ1) is 5.36. The highest BCUT2D eigenvalue weighted by atomic mass is 35.5. The molecule has 0 saturated carbocycles. The fourth-order valence-electron chi connectivity index (χ4n) is 1.33. The SMILES string of the molecule is Cl.Nc1csc(N2CCCC2)n1. The minimum absolute atomic E-state index is 0. The summed E-state index contributed by atoms with van der Waals surface area (Å²) in [6.07, 6.45) is 2.58. The molecule has 0 aliphatic carbocycles. The number of nitrogens with two attached hydrogens (primary N) is 1. The molecule has 1 fully saturated rings. The summed E-state index contributed by atoms with van der Waals surface area (Å²) >= 11 is 1.64. The van der Waals surface area contributed by atoms with E-state index in [-0.39, 0.29) is 12.4 Å². The van der Waals surface area contributed by atoms with Gasteiger partial charge in [-0.05, 0) is 12.8 Å². The molecular weight excluding hydrogens is 194 g/mol. The highest BCUT2D eigenvalue weighted by Gasteiger charge is 2.14. The summed E-state index contributed by atoms with van der Waals surface area (Å²) in [6, 6.07) is 0. The Balaban J connectivity index is 0.000000720. The van der Waals surface area contributed by atoms with E-state index in [2.05, 4.69) is 9.88 Å². The molecule has 0 bridgehead atoms. The number of anilines is 2. The summed E-state index contributed by atoms with van der Waals surface area (Å²) in [5, 5.41) is 2.98. The van der Waals surface area contributed by atoms with Crippen molar-refractivity contribution in [1.29, 1.82) is 0 Å². The van der Waals surface area contributed by atoms with Crippen molar-refractivity contribution in [2.75, 3.05) is 23.7 Å². The Morgan fingerprint density at radius 1 is 1.42 bits per heavy atom. The highest BCUT2D eigenvalue weighted by Crippen LogP contribution is 2.24. The second kappa shape index (κ2) is 3.96.